The molecule has 3 heterocycles. The Labute approximate surface area is 218 Å². The number of benzene rings is 5. The molecule has 38 heavy (non-hydrogen) atoms. The van der Waals surface area contributed by atoms with Gasteiger partial charge in [-0.25, -0.2) is 9.97 Å². The highest BCUT2D eigenvalue weighted by molar-refractivity contribution is 6.10. The van der Waals surface area contributed by atoms with Crippen LogP contribution in [0, 0.1) is 0 Å². The quantitative estimate of drug-likeness (QED) is 0.250. The third kappa shape index (κ3) is 3.17. The van der Waals surface area contributed by atoms with Crippen LogP contribution >= 0.6 is 0 Å². The number of hydrogen-bond acceptors (Lipinski definition) is 3. The molecule has 0 amide bonds. The molecule has 0 saturated heterocycles. The SMILES string of the molecule is c1ccc(-c2ccc3c(c2)oc2c(-c4nc5cc6ccccc6nc5n4-c4ccccc4)cccc23)cc1. The van der Waals surface area contributed by atoms with Gasteiger partial charge < -0.3 is 4.42 Å². The van der Waals surface area contributed by atoms with E-state index in [0.29, 0.717) is 0 Å². The first-order valence-corrected chi connectivity index (χ1v) is 12.7. The van der Waals surface area contributed by atoms with Crippen molar-refractivity contribution in [3.63, 3.8) is 0 Å². The van der Waals surface area contributed by atoms with Gasteiger partial charge in [-0.05, 0) is 53.6 Å². The number of pyridine rings is 1. The standard InChI is InChI=1S/C34H21N3O/c1-3-10-22(11-4-1)23-18-19-26-27-15-9-16-28(32(27)38-31(26)21-23)33-36-30-20-24-12-7-8-17-29(24)35-34(30)37(33)25-13-5-2-6-14-25/h1-21H. The van der Waals surface area contributed by atoms with E-state index >= 15 is 0 Å². The van der Waals surface area contributed by atoms with Crippen LogP contribution in [0.4, 0.5) is 0 Å². The molecule has 0 aliphatic rings. The Balaban J connectivity index is 1.42. The fraction of sp³-hybridized carbons (Fsp3) is 0. The summed E-state index contributed by atoms with van der Waals surface area (Å²) in [5, 5.41) is 3.23. The summed E-state index contributed by atoms with van der Waals surface area (Å²) in [6, 6.07) is 43.7. The van der Waals surface area contributed by atoms with Crippen molar-refractivity contribution in [1.82, 2.24) is 14.5 Å². The van der Waals surface area contributed by atoms with Crippen LogP contribution in [-0.2, 0) is 0 Å². The van der Waals surface area contributed by atoms with Gasteiger partial charge in [0.2, 0.25) is 0 Å². The monoisotopic (exact) mass is 487 g/mol. The first kappa shape index (κ1) is 20.9. The van der Waals surface area contributed by atoms with E-state index in [1.807, 2.05) is 42.5 Å². The van der Waals surface area contributed by atoms with Crippen molar-refractivity contribution >= 4 is 44.0 Å². The second-order valence-electron chi connectivity index (χ2n) is 9.49. The highest BCUT2D eigenvalue weighted by atomic mass is 16.3. The molecule has 0 radical (unpaired) electrons. The normalized spacial score (nSPS) is 11.7. The Bertz CT molecular complexity index is 2120. The van der Waals surface area contributed by atoms with E-state index in [1.165, 1.54) is 5.56 Å². The lowest BCUT2D eigenvalue weighted by Crippen LogP contribution is -1.99. The number of aromatic nitrogens is 3. The van der Waals surface area contributed by atoms with Crippen LogP contribution in [0.1, 0.15) is 0 Å². The molecule has 0 unspecified atom stereocenters. The number of hydrogen-bond donors (Lipinski definition) is 0. The van der Waals surface area contributed by atoms with Gasteiger partial charge in [-0.15, -0.1) is 0 Å². The first-order valence-electron chi connectivity index (χ1n) is 12.7. The molecule has 8 rings (SSSR count). The fourth-order valence-corrected chi connectivity index (χ4v) is 5.39. The molecule has 5 aromatic carbocycles. The first-order chi connectivity index (χ1) is 18.8. The Hall–Kier alpha value is -5.22. The summed E-state index contributed by atoms with van der Waals surface area (Å²) in [6.07, 6.45) is 0. The average molecular weight is 488 g/mol. The van der Waals surface area contributed by atoms with E-state index in [4.69, 9.17) is 14.4 Å². The summed E-state index contributed by atoms with van der Waals surface area (Å²) < 4.78 is 8.73. The number of rotatable bonds is 3. The van der Waals surface area contributed by atoms with Crippen molar-refractivity contribution in [3.8, 4) is 28.2 Å². The van der Waals surface area contributed by atoms with Crippen LogP contribution in [0.15, 0.2) is 132 Å². The zero-order valence-electron chi connectivity index (χ0n) is 20.4. The smallest absolute Gasteiger partial charge is 0.165 e. The van der Waals surface area contributed by atoms with Crippen molar-refractivity contribution in [3.05, 3.63) is 127 Å². The van der Waals surface area contributed by atoms with Crippen LogP contribution < -0.4 is 0 Å². The third-order valence-electron chi connectivity index (χ3n) is 7.20. The van der Waals surface area contributed by atoms with E-state index in [-0.39, 0.29) is 0 Å². The van der Waals surface area contributed by atoms with Crippen molar-refractivity contribution in [2.75, 3.05) is 0 Å². The van der Waals surface area contributed by atoms with Gasteiger partial charge in [0.1, 0.15) is 16.7 Å². The summed E-state index contributed by atoms with van der Waals surface area (Å²) in [5.74, 6) is 0.807. The maximum atomic E-state index is 6.59. The summed E-state index contributed by atoms with van der Waals surface area (Å²) in [5.41, 5.74) is 8.54. The molecule has 3 aromatic heterocycles. The zero-order chi connectivity index (χ0) is 25.1. The van der Waals surface area contributed by atoms with Gasteiger partial charge in [0.05, 0.1) is 11.1 Å². The van der Waals surface area contributed by atoms with Crippen molar-refractivity contribution in [2.24, 2.45) is 0 Å². The largest absolute Gasteiger partial charge is 0.455 e. The molecule has 0 atom stereocenters. The van der Waals surface area contributed by atoms with Crippen LogP contribution in [0.5, 0.6) is 0 Å². The number of imidazole rings is 1. The fourth-order valence-electron chi connectivity index (χ4n) is 5.39. The molecule has 0 spiro atoms. The molecule has 4 heteroatoms. The summed E-state index contributed by atoms with van der Waals surface area (Å²) in [6.45, 7) is 0. The van der Waals surface area contributed by atoms with Crippen molar-refractivity contribution < 1.29 is 4.42 Å². The Morgan fingerprint density at radius 3 is 2.21 bits per heavy atom. The molecule has 0 fully saturated rings. The summed E-state index contributed by atoms with van der Waals surface area (Å²) >= 11 is 0. The number of furan rings is 1. The van der Waals surface area contributed by atoms with Crippen LogP contribution in [-0.4, -0.2) is 14.5 Å². The molecule has 8 aromatic rings. The average Bonchev–Trinajstić information content (AvgIpc) is 3.54. The molecule has 0 bridgehead atoms. The zero-order valence-corrected chi connectivity index (χ0v) is 20.4. The second kappa shape index (κ2) is 8.15. The van der Waals surface area contributed by atoms with E-state index in [9.17, 15) is 0 Å². The molecule has 0 N–H and O–H groups in total. The molecule has 0 aliphatic carbocycles. The molecular weight excluding hydrogens is 466 g/mol. The molecular formula is C34H21N3O. The predicted molar refractivity (Wildman–Crippen MR) is 155 cm³/mol. The van der Waals surface area contributed by atoms with Gasteiger partial charge in [0, 0.05) is 21.8 Å². The highest BCUT2D eigenvalue weighted by Crippen LogP contribution is 2.39. The lowest BCUT2D eigenvalue weighted by atomic mass is 10.0. The maximum absolute atomic E-state index is 6.59. The summed E-state index contributed by atoms with van der Waals surface area (Å²) in [7, 11) is 0. The minimum absolute atomic E-state index is 0.807. The van der Waals surface area contributed by atoms with Gasteiger partial charge in [-0.1, -0.05) is 84.9 Å². The number of para-hydroxylation sites is 3. The van der Waals surface area contributed by atoms with E-state index in [0.717, 1.165) is 66.6 Å². The van der Waals surface area contributed by atoms with Gasteiger partial charge in [0.15, 0.2) is 11.5 Å². The number of fused-ring (bicyclic) bond motifs is 5. The van der Waals surface area contributed by atoms with Crippen LogP contribution in [0.3, 0.4) is 0 Å². The molecule has 0 saturated carbocycles. The lowest BCUT2D eigenvalue weighted by molar-refractivity contribution is 0.669. The lowest BCUT2D eigenvalue weighted by Gasteiger charge is -2.09. The topological polar surface area (TPSA) is 43.9 Å². The second-order valence-corrected chi connectivity index (χ2v) is 9.49. The van der Waals surface area contributed by atoms with E-state index in [1.54, 1.807) is 0 Å². The Morgan fingerprint density at radius 2 is 1.34 bits per heavy atom. The molecule has 178 valence electrons. The molecule has 4 nitrogen and oxygen atoms in total. The van der Waals surface area contributed by atoms with Gasteiger partial charge >= 0.3 is 0 Å². The molecule has 0 aliphatic heterocycles. The minimum Gasteiger partial charge on any atom is -0.455 e. The Kier molecular flexibility index (Phi) is 4.49. The van der Waals surface area contributed by atoms with Crippen molar-refractivity contribution in [1.29, 1.82) is 0 Å². The van der Waals surface area contributed by atoms with Crippen LogP contribution in [0.25, 0.3) is 72.2 Å². The number of nitrogens with zero attached hydrogens (tertiary/aromatic N) is 3. The van der Waals surface area contributed by atoms with Crippen molar-refractivity contribution in [2.45, 2.75) is 0 Å². The summed E-state index contributed by atoms with van der Waals surface area (Å²) in [4.78, 5) is 10.2. The predicted octanol–water partition coefficient (Wildman–Crippen LogP) is 8.81. The third-order valence-corrected chi connectivity index (χ3v) is 7.20. The van der Waals surface area contributed by atoms with E-state index in [2.05, 4.69) is 89.5 Å². The van der Waals surface area contributed by atoms with E-state index < -0.39 is 0 Å². The Morgan fingerprint density at radius 1 is 0.553 bits per heavy atom. The van der Waals surface area contributed by atoms with Gasteiger partial charge in [-0.3, -0.25) is 4.57 Å². The highest BCUT2D eigenvalue weighted by Gasteiger charge is 2.21. The minimum atomic E-state index is 0.807. The van der Waals surface area contributed by atoms with Gasteiger partial charge in [0.25, 0.3) is 0 Å². The maximum Gasteiger partial charge on any atom is 0.165 e. The van der Waals surface area contributed by atoms with Crippen LogP contribution in [0.2, 0.25) is 0 Å². The van der Waals surface area contributed by atoms with Gasteiger partial charge in [-0.2, -0.15) is 0 Å².